The summed E-state index contributed by atoms with van der Waals surface area (Å²) < 4.78 is 29.7. The summed E-state index contributed by atoms with van der Waals surface area (Å²) in [5.74, 6) is 0.0637. The molecule has 14 heavy (non-hydrogen) atoms. The molecule has 0 fully saturated rings. The molecule has 0 saturated heterocycles. The average Bonchev–Trinajstić information content (AvgIpc) is 2.16. The summed E-state index contributed by atoms with van der Waals surface area (Å²) in [4.78, 5) is 14.2. The molecule has 6 heteroatoms. The van der Waals surface area contributed by atoms with Crippen molar-refractivity contribution in [3.05, 3.63) is 20.9 Å². The molecule has 1 aromatic heterocycles. The fourth-order valence-corrected chi connectivity index (χ4v) is 1.65. The largest absolute Gasteiger partial charge is 0.480 e. The van der Waals surface area contributed by atoms with Crippen LogP contribution < -0.4 is 4.74 Å². The maximum atomic E-state index is 12.4. The van der Waals surface area contributed by atoms with Crippen LogP contribution in [0.5, 0.6) is 5.88 Å². The zero-order valence-corrected chi connectivity index (χ0v) is 9.29. The molecule has 0 spiro atoms. The summed E-state index contributed by atoms with van der Waals surface area (Å²) in [7, 11) is 1.33. The Morgan fingerprint density at radius 3 is 2.71 bits per heavy atom. The third-order valence-corrected chi connectivity index (χ3v) is 2.79. The lowest BCUT2D eigenvalue weighted by molar-refractivity contribution is 0.111. The fourth-order valence-electron chi connectivity index (χ4n) is 0.921. The molecule has 0 saturated carbocycles. The molecule has 0 radical (unpaired) electrons. The summed E-state index contributed by atoms with van der Waals surface area (Å²) in [5, 5.41) is 0. The summed E-state index contributed by atoms with van der Waals surface area (Å²) in [6, 6.07) is 0. The summed E-state index contributed by atoms with van der Waals surface area (Å²) in [6.45, 7) is 0. The first-order valence-electron chi connectivity index (χ1n) is 3.57. The van der Waals surface area contributed by atoms with Gasteiger partial charge in [0.25, 0.3) is 6.43 Å². The van der Waals surface area contributed by atoms with Crippen molar-refractivity contribution in [2.45, 2.75) is 6.43 Å². The van der Waals surface area contributed by atoms with Crippen LogP contribution in [-0.2, 0) is 0 Å². The van der Waals surface area contributed by atoms with Crippen LogP contribution in [0.2, 0.25) is 0 Å². The van der Waals surface area contributed by atoms with E-state index in [1.165, 1.54) is 7.11 Å². The molecular weight excluding hydrogens is 307 g/mol. The number of halogens is 3. The second kappa shape index (κ2) is 4.63. The average molecular weight is 313 g/mol. The SMILES string of the molecule is COc1ncc(C(F)F)c(I)c1C=O. The predicted octanol–water partition coefficient (Wildman–Crippen LogP) is 2.44. The number of carbonyl (C=O) groups is 1. The minimum absolute atomic E-state index is 0.0610. The lowest BCUT2D eigenvalue weighted by atomic mass is 10.2. The van der Waals surface area contributed by atoms with Crippen LogP contribution in [0.15, 0.2) is 6.20 Å². The van der Waals surface area contributed by atoms with Crippen molar-refractivity contribution in [2.24, 2.45) is 0 Å². The van der Waals surface area contributed by atoms with Gasteiger partial charge in [-0.1, -0.05) is 0 Å². The van der Waals surface area contributed by atoms with Crippen molar-refractivity contribution in [3.63, 3.8) is 0 Å². The molecule has 1 heterocycles. The van der Waals surface area contributed by atoms with Gasteiger partial charge in [0.2, 0.25) is 5.88 Å². The normalized spacial score (nSPS) is 10.4. The first kappa shape index (κ1) is 11.3. The highest BCUT2D eigenvalue weighted by atomic mass is 127. The van der Waals surface area contributed by atoms with Crippen LogP contribution in [0.25, 0.3) is 0 Å². The smallest absolute Gasteiger partial charge is 0.266 e. The Hall–Kier alpha value is -0.790. The van der Waals surface area contributed by atoms with Gasteiger partial charge < -0.3 is 4.74 Å². The molecule has 76 valence electrons. The lowest BCUT2D eigenvalue weighted by Gasteiger charge is -2.08. The van der Waals surface area contributed by atoms with Gasteiger partial charge in [0, 0.05) is 9.77 Å². The van der Waals surface area contributed by atoms with Gasteiger partial charge >= 0.3 is 0 Å². The molecule has 1 rings (SSSR count). The van der Waals surface area contributed by atoms with E-state index in [9.17, 15) is 13.6 Å². The van der Waals surface area contributed by atoms with Crippen LogP contribution in [0, 0.1) is 3.57 Å². The maximum Gasteiger partial charge on any atom is 0.266 e. The molecule has 0 atom stereocenters. The van der Waals surface area contributed by atoms with Gasteiger partial charge in [0.1, 0.15) is 0 Å². The number of rotatable bonds is 3. The highest BCUT2D eigenvalue weighted by molar-refractivity contribution is 14.1. The minimum atomic E-state index is -2.64. The summed E-state index contributed by atoms with van der Waals surface area (Å²) in [5.41, 5.74) is -0.195. The van der Waals surface area contributed by atoms with Gasteiger partial charge in [0.05, 0.1) is 18.2 Å². The summed E-state index contributed by atoms with van der Waals surface area (Å²) >= 11 is 1.67. The molecule has 0 aromatic carbocycles. The Morgan fingerprint density at radius 2 is 2.29 bits per heavy atom. The zero-order valence-electron chi connectivity index (χ0n) is 7.13. The molecular formula is C8H6F2INO2. The van der Waals surface area contributed by atoms with Crippen molar-refractivity contribution >= 4 is 28.9 Å². The van der Waals surface area contributed by atoms with E-state index in [-0.39, 0.29) is 20.6 Å². The van der Waals surface area contributed by atoms with Crippen LogP contribution in [0.1, 0.15) is 22.3 Å². The van der Waals surface area contributed by atoms with Gasteiger partial charge in [-0.15, -0.1) is 0 Å². The van der Waals surface area contributed by atoms with Crippen molar-refractivity contribution in [2.75, 3.05) is 7.11 Å². The van der Waals surface area contributed by atoms with Crippen molar-refractivity contribution in [1.29, 1.82) is 0 Å². The number of aromatic nitrogens is 1. The monoisotopic (exact) mass is 313 g/mol. The van der Waals surface area contributed by atoms with E-state index < -0.39 is 6.43 Å². The number of pyridine rings is 1. The van der Waals surface area contributed by atoms with Crippen molar-refractivity contribution < 1.29 is 18.3 Å². The van der Waals surface area contributed by atoms with Crippen molar-refractivity contribution in [1.82, 2.24) is 4.98 Å². The Balaban J connectivity index is 3.34. The minimum Gasteiger partial charge on any atom is -0.480 e. The lowest BCUT2D eigenvalue weighted by Crippen LogP contribution is -2.01. The van der Waals surface area contributed by atoms with Gasteiger partial charge in [0.15, 0.2) is 6.29 Å². The van der Waals surface area contributed by atoms with Crippen LogP contribution in [-0.4, -0.2) is 18.4 Å². The van der Waals surface area contributed by atoms with Crippen LogP contribution in [0.4, 0.5) is 8.78 Å². The topological polar surface area (TPSA) is 39.2 Å². The van der Waals surface area contributed by atoms with E-state index in [1.807, 2.05) is 0 Å². The predicted molar refractivity (Wildman–Crippen MR) is 53.9 cm³/mol. The highest BCUT2D eigenvalue weighted by Gasteiger charge is 2.18. The van der Waals surface area contributed by atoms with E-state index in [2.05, 4.69) is 4.98 Å². The molecule has 0 unspecified atom stereocenters. The summed E-state index contributed by atoms with van der Waals surface area (Å²) in [6.07, 6.45) is -1.17. The van der Waals surface area contributed by atoms with E-state index in [1.54, 1.807) is 22.6 Å². The third kappa shape index (κ3) is 1.99. The number of aldehydes is 1. The molecule has 0 aliphatic carbocycles. The number of carbonyl (C=O) groups excluding carboxylic acids is 1. The number of alkyl halides is 2. The number of ether oxygens (including phenoxy) is 1. The Morgan fingerprint density at radius 1 is 1.64 bits per heavy atom. The van der Waals surface area contributed by atoms with Crippen LogP contribution in [0.3, 0.4) is 0 Å². The Bertz CT molecular complexity index is 357. The quantitative estimate of drug-likeness (QED) is 0.635. The molecule has 0 amide bonds. The maximum absolute atomic E-state index is 12.4. The highest BCUT2D eigenvalue weighted by Crippen LogP contribution is 2.29. The molecule has 1 aromatic rings. The number of methoxy groups -OCH3 is 1. The van der Waals surface area contributed by atoms with Crippen molar-refractivity contribution in [3.8, 4) is 5.88 Å². The van der Waals surface area contributed by atoms with E-state index in [4.69, 9.17) is 4.74 Å². The zero-order chi connectivity index (χ0) is 10.7. The second-order valence-corrected chi connectivity index (χ2v) is 3.45. The molecule has 0 N–H and O–H groups in total. The van der Waals surface area contributed by atoms with Gasteiger partial charge in [-0.3, -0.25) is 4.79 Å². The standard InChI is InChI=1S/C8H6F2INO2/c1-14-8-5(3-13)6(11)4(2-12-8)7(9)10/h2-3,7H,1H3. The van der Waals surface area contributed by atoms with Gasteiger partial charge in [-0.05, 0) is 22.6 Å². The molecule has 0 aliphatic rings. The molecule has 0 aliphatic heterocycles. The first-order valence-corrected chi connectivity index (χ1v) is 4.65. The fraction of sp³-hybridized carbons (Fsp3) is 0.250. The van der Waals surface area contributed by atoms with Gasteiger partial charge in [-0.25, -0.2) is 13.8 Å². The Labute approximate surface area is 92.6 Å². The number of hydrogen-bond donors (Lipinski definition) is 0. The third-order valence-electron chi connectivity index (χ3n) is 1.59. The van der Waals surface area contributed by atoms with Crippen LogP contribution >= 0.6 is 22.6 Å². The number of nitrogens with zero attached hydrogens (tertiary/aromatic N) is 1. The second-order valence-electron chi connectivity index (χ2n) is 2.37. The Kier molecular flexibility index (Phi) is 3.73. The van der Waals surface area contributed by atoms with E-state index >= 15 is 0 Å². The first-order chi connectivity index (χ1) is 6.61. The van der Waals surface area contributed by atoms with Gasteiger partial charge in [-0.2, -0.15) is 0 Å². The molecule has 3 nitrogen and oxygen atoms in total. The molecule has 0 bridgehead atoms. The number of hydrogen-bond acceptors (Lipinski definition) is 3. The van der Waals surface area contributed by atoms with E-state index in [0.717, 1.165) is 6.20 Å². The van der Waals surface area contributed by atoms with E-state index in [0.29, 0.717) is 6.29 Å².